The summed E-state index contributed by atoms with van der Waals surface area (Å²) in [4.78, 5) is 3.37. The number of ether oxygens (including phenoxy) is 1. The second kappa shape index (κ2) is 3.12. The third kappa shape index (κ3) is 1.08. The molecule has 0 aliphatic carbocycles. The predicted molar refractivity (Wildman–Crippen MR) is 74.6 cm³/mol. The zero-order valence-electron chi connectivity index (χ0n) is 10.2. The minimum Gasteiger partial charge on any atom is -0.454 e. The molecule has 0 radical (unpaired) electrons. The van der Waals surface area contributed by atoms with Crippen molar-refractivity contribution in [1.29, 1.82) is 0 Å². The van der Waals surface area contributed by atoms with E-state index in [0.29, 0.717) is 5.92 Å². The van der Waals surface area contributed by atoms with Gasteiger partial charge < -0.3 is 15.0 Å². The standard InChI is InChI=1S/C16H12N2O/c1-3-7-11-9(5-1)13-14-10-6-2-4-8-12(10)18-16(14)19-15(13)17-11/h1-8,13,15,17-18H. The molecule has 19 heavy (non-hydrogen) atoms. The molecule has 0 saturated heterocycles. The second-order valence-electron chi connectivity index (χ2n) is 5.16. The van der Waals surface area contributed by atoms with E-state index in [-0.39, 0.29) is 6.23 Å². The number of hydrogen-bond acceptors (Lipinski definition) is 2. The fourth-order valence-corrected chi connectivity index (χ4v) is 3.37. The number of para-hydroxylation sites is 2. The van der Waals surface area contributed by atoms with Crippen LogP contribution in [0, 0.1) is 0 Å². The lowest BCUT2D eigenvalue weighted by Gasteiger charge is -2.10. The van der Waals surface area contributed by atoms with Gasteiger partial charge in [-0.25, -0.2) is 0 Å². The Balaban J connectivity index is 1.81. The Morgan fingerprint density at radius 1 is 0.947 bits per heavy atom. The van der Waals surface area contributed by atoms with Gasteiger partial charge in [-0.3, -0.25) is 0 Å². The molecule has 0 amide bonds. The minimum atomic E-state index is 0.0308. The number of anilines is 1. The third-order valence-corrected chi connectivity index (χ3v) is 4.16. The molecule has 3 heteroatoms. The molecule has 0 saturated carbocycles. The van der Waals surface area contributed by atoms with E-state index in [2.05, 4.69) is 52.8 Å². The van der Waals surface area contributed by atoms with Crippen LogP contribution in [0.1, 0.15) is 17.0 Å². The highest BCUT2D eigenvalue weighted by atomic mass is 16.5. The number of rotatable bonds is 0. The number of H-pyrrole nitrogens is 1. The van der Waals surface area contributed by atoms with Crippen LogP contribution in [0.5, 0.6) is 5.88 Å². The number of aromatic amines is 1. The molecule has 0 fully saturated rings. The number of nitrogens with one attached hydrogen (secondary N) is 2. The molecular weight excluding hydrogens is 236 g/mol. The first-order valence-electron chi connectivity index (χ1n) is 6.54. The Bertz CT molecular complexity index is 805. The molecule has 2 aliphatic rings. The number of fused-ring (bicyclic) bond motifs is 7. The van der Waals surface area contributed by atoms with Crippen molar-refractivity contribution in [3.63, 3.8) is 0 Å². The molecule has 2 unspecified atom stereocenters. The molecule has 0 spiro atoms. The van der Waals surface area contributed by atoms with Crippen LogP contribution < -0.4 is 10.1 Å². The van der Waals surface area contributed by atoms with Gasteiger partial charge in [-0.2, -0.15) is 0 Å². The lowest BCUT2D eigenvalue weighted by atomic mass is 9.93. The maximum absolute atomic E-state index is 6.03. The number of aromatic nitrogens is 1. The van der Waals surface area contributed by atoms with E-state index < -0.39 is 0 Å². The average Bonchev–Trinajstić information content (AvgIpc) is 3.04. The zero-order chi connectivity index (χ0) is 12.4. The first kappa shape index (κ1) is 9.50. The van der Waals surface area contributed by atoms with Gasteiger partial charge in [0.15, 0.2) is 12.1 Å². The van der Waals surface area contributed by atoms with Crippen LogP contribution in [-0.4, -0.2) is 11.2 Å². The van der Waals surface area contributed by atoms with Gasteiger partial charge in [0, 0.05) is 22.2 Å². The largest absolute Gasteiger partial charge is 0.454 e. The lowest BCUT2D eigenvalue weighted by Crippen LogP contribution is -2.22. The molecule has 0 bridgehead atoms. The average molecular weight is 248 g/mol. The molecule has 92 valence electrons. The quantitative estimate of drug-likeness (QED) is 0.639. The highest BCUT2D eigenvalue weighted by Crippen LogP contribution is 2.51. The van der Waals surface area contributed by atoms with Crippen LogP contribution >= 0.6 is 0 Å². The van der Waals surface area contributed by atoms with Gasteiger partial charge in [0.2, 0.25) is 0 Å². The Labute approximate surface area is 110 Å². The molecule has 2 atom stereocenters. The highest BCUT2D eigenvalue weighted by molar-refractivity contribution is 5.89. The van der Waals surface area contributed by atoms with Crippen molar-refractivity contribution in [3.05, 3.63) is 59.7 Å². The molecule has 5 rings (SSSR count). The number of hydrogen-bond donors (Lipinski definition) is 2. The fourth-order valence-electron chi connectivity index (χ4n) is 3.37. The molecule has 3 heterocycles. The maximum Gasteiger partial charge on any atom is 0.198 e. The van der Waals surface area contributed by atoms with Gasteiger partial charge in [0.25, 0.3) is 0 Å². The van der Waals surface area contributed by atoms with Crippen molar-refractivity contribution in [2.45, 2.75) is 12.1 Å². The van der Waals surface area contributed by atoms with Gasteiger partial charge in [0.1, 0.15) is 0 Å². The van der Waals surface area contributed by atoms with Crippen molar-refractivity contribution in [2.24, 2.45) is 0 Å². The molecule has 2 aromatic carbocycles. The van der Waals surface area contributed by atoms with Crippen molar-refractivity contribution >= 4 is 16.6 Å². The van der Waals surface area contributed by atoms with E-state index in [1.165, 1.54) is 22.2 Å². The van der Waals surface area contributed by atoms with Gasteiger partial charge in [-0.15, -0.1) is 0 Å². The van der Waals surface area contributed by atoms with E-state index >= 15 is 0 Å². The zero-order valence-corrected chi connectivity index (χ0v) is 10.2. The summed E-state index contributed by atoms with van der Waals surface area (Å²) >= 11 is 0. The van der Waals surface area contributed by atoms with E-state index in [1.807, 2.05) is 6.07 Å². The van der Waals surface area contributed by atoms with E-state index in [1.54, 1.807) is 0 Å². The van der Waals surface area contributed by atoms with Crippen LogP contribution in [-0.2, 0) is 0 Å². The molecule has 2 aliphatic heterocycles. The monoisotopic (exact) mass is 248 g/mol. The summed E-state index contributed by atoms with van der Waals surface area (Å²) in [5, 5.41) is 4.72. The first-order valence-corrected chi connectivity index (χ1v) is 6.54. The van der Waals surface area contributed by atoms with Gasteiger partial charge in [-0.05, 0) is 17.7 Å². The van der Waals surface area contributed by atoms with E-state index in [9.17, 15) is 0 Å². The van der Waals surface area contributed by atoms with Crippen molar-refractivity contribution in [1.82, 2.24) is 4.98 Å². The summed E-state index contributed by atoms with van der Waals surface area (Å²) in [5.41, 5.74) is 4.96. The van der Waals surface area contributed by atoms with Gasteiger partial charge >= 0.3 is 0 Å². The summed E-state index contributed by atoms with van der Waals surface area (Å²) in [7, 11) is 0. The van der Waals surface area contributed by atoms with Gasteiger partial charge in [0.05, 0.1) is 5.92 Å². The van der Waals surface area contributed by atoms with Crippen LogP contribution in [0.25, 0.3) is 10.9 Å². The summed E-state index contributed by atoms with van der Waals surface area (Å²) < 4.78 is 6.03. The topological polar surface area (TPSA) is 37.0 Å². The Hall–Kier alpha value is -2.42. The summed E-state index contributed by atoms with van der Waals surface area (Å²) in [6.45, 7) is 0. The Morgan fingerprint density at radius 2 is 1.79 bits per heavy atom. The summed E-state index contributed by atoms with van der Waals surface area (Å²) in [6, 6.07) is 16.8. The first-order chi connectivity index (χ1) is 9.42. The Morgan fingerprint density at radius 3 is 2.79 bits per heavy atom. The molecule has 3 aromatic rings. The van der Waals surface area contributed by atoms with Crippen molar-refractivity contribution in [2.75, 3.05) is 5.32 Å². The minimum absolute atomic E-state index is 0.0308. The summed E-state index contributed by atoms with van der Waals surface area (Å²) in [5.74, 6) is 1.21. The van der Waals surface area contributed by atoms with Crippen molar-refractivity contribution < 1.29 is 4.74 Å². The lowest BCUT2D eigenvalue weighted by molar-refractivity contribution is 0.248. The SMILES string of the molecule is c1ccc2c(c1)NC1Oc3[nH]c4ccccc4c3C21. The van der Waals surface area contributed by atoms with Crippen LogP contribution in [0.3, 0.4) is 0 Å². The molecule has 2 N–H and O–H groups in total. The summed E-state index contributed by atoms with van der Waals surface area (Å²) in [6.07, 6.45) is 0.0308. The normalized spacial score (nSPS) is 22.5. The van der Waals surface area contributed by atoms with Gasteiger partial charge in [-0.1, -0.05) is 36.4 Å². The van der Waals surface area contributed by atoms with Crippen molar-refractivity contribution in [3.8, 4) is 5.88 Å². The predicted octanol–water partition coefficient (Wildman–Crippen LogP) is 3.44. The second-order valence-corrected chi connectivity index (χ2v) is 5.16. The molecule has 3 nitrogen and oxygen atoms in total. The molecular formula is C16H12N2O. The third-order valence-electron chi connectivity index (χ3n) is 4.16. The Kier molecular flexibility index (Phi) is 1.56. The van der Waals surface area contributed by atoms with E-state index in [0.717, 1.165) is 11.4 Å². The maximum atomic E-state index is 6.03. The van der Waals surface area contributed by atoms with Crippen LogP contribution in [0.15, 0.2) is 48.5 Å². The fraction of sp³-hybridized carbons (Fsp3) is 0.125. The highest BCUT2D eigenvalue weighted by Gasteiger charge is 2.43. The van der Waals surface area contributed by atoms with E-state index in [4.69, 9.17) is 4.74 Å². The smallest absolute Gasteiger partial charge is 0.198 e. The number of benzene rings is 2. The van der Waals surface area contributed by atoms with Crippen LogP contribution in [0.2, 0.25) is 0 Å². The molecule has 1 aromatic heterocycles. The van der Waals surface area contributed by atoms with Crippen LogP contribution in [0.4, 0.5) is 5.69 Å².